The highest BCUT2D eigenvalue weighted by Crippen LogP contribution is 2.34. The third-order valence-electron chi connectivity index (χ3n) is 8.03. The van der Waals surface area contributed by atoms with Crippen LogP contribution in [0.1, 0.15) is 57.6 Å². The molecule has 1 aliphatic rings. The van der Waals surface area contributed by atoms with Crippen LogP contribution >= 0.6 is 11.6 Å². The molecule has 1 aliphatic heterocycles. The number of carbonyl (C=O) groups excluding carboxylic acids is 2. The summed E-state index contributed by atoms with van der Waals surface area (Å²) in [5.74, 6) is -0.240. The number of tetrazole rings is 1. The summed E-state index contributed by atoms with van der Waals surface area (Å²) in [6.07, 6.45) is 0.976. The minimum absolute atomic E-state index is 0.0987. The number of benzene rings is 3. The first-order chi connectivity index (χ1) is 22.0. The highest BCUT2D eigenvalue weighted by atomic mass is 35.5. The Morgan fingerprint density at radius 2 is 1.78 bits per heavy atom. The summed E-state index contributed by atoms with van der Waals surface area (Å²) in [7, 11) is 0. The molecule has 2 amide bonds. The van der Waals surface area contributed by atoms with Gasteiger partial charge in [0.2, 0.25) is 5.91 Å². The van der Waals surface area contributed by atoms with E-state index in [4.69, 9.17) is 16.3 Å². The number of nitrogens with one attached hydrogen (secondary N) is 2. The number of aliphatic hydroxyl groups excluding tert-OH is 1. The summed E-state index contributed by atoms with van der Waals surface area (Å²) in [5.41, 5.74) is 4.08. The van der Waals surface area contributed by atoms with Crippen LogP contribution in [0.25, 0.3) is 16.8 Å². The monoisotopic (exact) mass is 645 g/mol. The number of rotatable bonds is 9. The second kappa shape index (κ2) is 14.4. The number of nitrogens with zero attached hydrogens (tertiary/aromatic N) is 5. The zero-order valence-corrected chi connectivity index (χ0v) is 27.2. The van der Waals surface area contributed by atoms with Gasteiger partial charge in [-0.2, -0.15) is 0 Å². The average molecular weight is 646 g/mol. The van der Waals surface area contributed by atoms with Gasteiger partial charge < -0.3 is 20.1 Å². The molecule has 46 heavy (non-hydrogen) atoms. The van der Waals surface area contributed by atoms with E-state index in [0.29, 0.717) is 35.7 Å². The molecule has 12 heteroatoms. The molecule has 4 atom stereocenters. The molecule has 0 aliphatic carbocycles. The highest BCUT2D eigenvalue weighted by Gasteiger charge is 2.39. The van der Waals surface area contributed by atoms with Crippen molar-refractivity contribution in [3.63, 3.8) is 0 Å². The number of piperidine rings is 1. The molecule has 242 valence electrons. The molecule has 0 spiro atoms. The Balaban J connectivity index is 1.27. The van der Waals surface area contributed by atoms with Crippen molar-refractivity contribution in [2.24, 2.45) is 0 Å². The molecular weight excluding hydrogens is 606 g/mol. The largest absolute Gasteiger partial charge is 0.444 e. The van der Waals surface area contributed by atoms with Crippen molar-refractivity contribution >= 4 is 23.6 Å². The Kier molecular flexibility index (Phi) is 10.4. The second-order valence-electron chi connectivity index (χ2n) is 12.5. The van der Waals surface area contributed by atoms with Crippen LogP contribution < -0.4 is 10.6 Å². The van der Waals surface area contributed by atoms with Crippen molar-refractivity contribution in [1.29, 1.82) is 0 Å². The number of ether oxygens (including phenoxy) is 1. The van der Waals surface area contributed by atoms with Gasteiger partial charge in [-0.1, -0.05) is 66.2 Å². The Labute approximate surface area is 273 Å². The SMILES string of the molecule is C[C@H](NC(O)[C@H]1C[C@@H](c2ccc(-c3ccccc3)cc2)CCN1C(=O)OC(C)(C)C)C(=O)NCc1cc(Cl)ccc1-n1cnnn1. The van der Waals surface area contributed by atoms with Crippen molar-refractivity contribution in [3.8, 4) is 16.8 Å². The zero-order valence-electron chi connectivity index (χ0n) is 26.4. The lowest BCUT2D eigenvalue weighted by Gasteiger charge is -2.42. The van der Waals surface area contributed by atoms with Crippen molar-refractivity contribution < 1.29 is 19.4 Å². The lowest BCUT2D eigenvalue weighted by Crippen LogP contribution is -2.59. The van der Waals surface area contributed by atoms with E-state index in [-0.39, 0.29) is 18.4 Å². The second-order valence-corrected chi connectivity index (χ2v) is 13.0. The molecule has 0 saturated carbocycles. The fourth-order valence-corrected chi connectivity index (χ4v) is 5.89. The van der Waals surface area contributed by atoms with Gasteiger partial charge >= 0.3 is 6.09 Å². The Bertz CT molecular complexity index is 1610. The van der Waals surface area contributed by atoms with Crippen LogP contribution in [0.3, 0.4) is 0 Å². The molecule has 3 N–H and O–H groups in total. The summed E-state index contributed by atoms with van der Waals surface area (Å²) in [4.78, 5) is 28.0. The summed E-state index contributed by atoms with van der Waals surface area (Å²) in [6, 6.07) is 22.4. The molecule has 1 saturated heterocycles. The molecule has 1 unspecified atom stereocenters. The van der Waals surface area contributed by atoms with Gasteiger partial charge in [0.05, 0.1) is 17.8 Å². The van der Waals surface area contributed by atoms with Crippen molar-refractivity contribution in [2.75, 3.05) is 6.54 Å². The maximum absolute atomic E-state index is 13.3. The standard InChI is InChI=1S/C34H40ClN7O4/c1-22(31(43)36-20-27-18-28(35)14-15-29(27)42-21-37-39-40-42)38-32(44)30-19-26(16-17-41(30)33(45)46-34(2,3)4)25-12-10-24(11-13-25)23-8-6-5-7-9-23/h5-15,18,21-22,26,30,32,38,44H,16-17,19-20H2,1-4H3,(H,36,43)/t22-,26-,30+,32?/m0/s1. The van der Waals surface area contributed by atoms with Crippen LogP contribution in [0, 0.1) is 0 Å². The summed E-state index contributed by atoms with van der Waals surface area (Å²) in [5, 5.41) is 29.2. The first kappa shape index (κ1) is 33.1. The molecule has 5 rings (SSSR count). The predicted octanol–water partition coefficient (Wildman–Crippen LogP) is 5.08. The number of amides is 2. The first-order valence-corrected chi connectivity index (χ1v) is 15.7. The number of carbonyl (C=O) groups is 2. The summed E-state index contributed by atoms with van der Waals surface area (Å²) < 4.78 is 7.19. The normalized spacial score (nSPS) is 18.1. The Morgan fingerprint density at radius 1 is 1.07 bits per heavy atom. The van der Waals surface area contributed by atoms with Crippen LogP contribution in [0.5, 0.6) is 0 Å². The molecule has 11 nitrogen and oxygen atoms in total. The van der Waals surface area contributed by atoms with E-state index in [2.05, 4.69) is 62.6 Å². The minimum atomic E-state index is -1.19. The number of likely N-dealkylation sites (tertiary alicyclic amines) is 1. The van der Waals surface area contributed by atoms with E-state index in [1.54, 1.807) is 30.0 Å². The van der Waals surface area contributed by atoms with Crippen LogP contribution in [0.4, 0.5) is 4.79 Å². The van der Waals surface area contributed by atoms with Gasteiger partial charge in [0.15, 0.2) is 0 Å². The lowest BCUT2D eigenvalue weighted by atomic mass is 9.84. The predicted molar refractivity (Wildman–Crippen MR) is 175 cm³/mol. The molecular formula is C34H40ClN7O4. The van der Waals surface area contributed by atoms with E-state index < -0.39 is 30.0 Å². The van der Waals surface area contributed by atoms with E-state index >= 15 is 0 Å². The van der Waals surface area contributed by atoms with Gasteiger partial charge in [-0.3, -0.25) is 10.1 Å². The van der Waals surface area contributed by atoms with Crippen LogP contribution in [0.15, 0.2) is 79.1 Å². The van der Waals surface area contributed by atoms with E-state index in [9.17, 15) is 14.7 Å². The van der Waals surface area contributed by atoms with Crippen LogP contribution in [-0.4, -0.2) is 72.7 Å². The maximum atomic E-state index is 13.3. The van der Waals surface area contributed by atoms with Gasteiger partial charge in [-0.15, -0.1) is 5.10 Å². The first-order valence-electron chi connectivity index (χ1n) is 15.4. The molecule has 1 fully saturated rings. The Morgan fingerprint density at radius 3 is 2.46 bits per heavy atom. The molecule has 4 aromatic rings. The van der Waals surface area contributed by atoms with Crippen molar-refractivity contribution in [2.45, 2.75) is 76.9 Å². The number of hydrogen-bond acceptors (Lipinski definition) is 8. The van der Waals surface area contributed by atoms with E-state index in [1.165, 1.54) is 11.0 Å². The molecule has 3 aromatic carbocycles. The fourth-order valence-electron chi connectivity index (χ4n) is 5.69. The van der Waals surface area contributed by atoms with Crippen molar-refractivity contribution in [1.82, 2.24) is 35.7 Å². The van der Waals surface area contributed by atoms with Gasteiger partial charge in [0.25, 0.3) is 0 Å². The molecule has 0 bridgehead atoms. The highest BCUT2D eigenvalue weighted by molar-refractivity contribution is 6.30. The number of aliphatic hydroxyl groups is 1. The van der Waals surface area contributed by atoms with Gasteiger partial charge in [0, 0.05) is 18.1 Å². The number of hydrogen-bond donors (Lipinski definition) is 3. The van der Waals surface area contributed by atoms with E-state index in [0.717, 1.165) is 16.7 Å². The molecule has 1 aromatic heterocycles. The van der Waals surface area contributed by atoms with Gasteiger partial charge in [0.1, 0.15) is 18.2 Å². The third kappa shape index (κ3) is 8.28. The summed E-state index contributed by atoms with van der Waals surface area (Å²) in [6.45, 7) is 7.66. The summed E-state index contributed by atoms with van der Waals surface area (Å²) >= 11 is 6.22. The van der Waals surface area contributed by atoms with E-state index in [1.807, 2.05) is 39.0 Å². The van der Waals surface area contributed by atoms with Gasteiger partial charge in [-0.25, -0.2) is 9.48 Å². The maximum Gasteiger partial charge on any atom is 0.410 e. The average Bonchev–Trinajstić information content (AvgIpc) is 3.58. The van der Waals surface area contributed by atoms with Gasteiger partial charge in [-0.05, 0) is 97.3 Å². The number of halogens is 1. The zero-order chi connectivity index (χ0) is 32.8. The third-order valence-corrected chi connectivity index (χ3v) is 8.27. The minimum Gasteiger partial charge on any atom is -0.444 e. The van der Waals surface area contributed by atoms with Crippen LogP contribution in [-0.2, 0) is 16.1 Å². The quantitative estimate of drug-likeness (QED) is 0.215. The van der Waals surface area contributed by atoms with Crippen molar-refractivity contribution in [3.05, 3.63) is 95.3 Å². The molecule has 2 heterocycles. The smallest absolute Gasteiger partial charge is 0.410 e. The van der Waals surface area contributed by atoms with Crippen LogP contribution in [0.2, 0.25) is 5.02 Å². The number of aromatic nitrogens is 4. The Hall–Kier alpha value is -4.32. The lowest BCUT2D eigenvalue weighted by molar-refractivity contribution is -0.124. The topological polar surface area (TPSA) is 134 Å². The fraction of sp³-hybridized carbons (Fsp3) is 0.382. The molecule has 0 radical (unpaired) electrons.